The predicted molar refractivity (Wildman–Crippen MR) is 64.5 cm³/mol. The van der Waals surface area contributed by atoms with Gasteiger partial charge in [-0.15, -0.1) is 0 Å². The van der Waals surface area contributed by atoms with Crippen LogP contribution < -0.4 is 5.32 Å². The quantitative estimate of drug-likeness (QED) is 0.901. The van der Waals surface area contributed by atoms with Gasteiger partial charge in [0.25, 0.3) is 0 Å². The highest BCUT2D eigenvalue weighted by molar-refractivity contribution is 6.36. The number of carbonyl (C=O) groups excluding carboxylic acids is 1. The number of carbonyl (C=O) groups is 1. The number of hydrogen-bond donors (Lipinski definition) is 1. The van der Waals surface area contributed by atoms with Gasteiger partial charge in [0.15, 0.2) is 0 Å². The van der Waals surface area contributed by atoms with Crippen molar-refractivity contribution in [3.8, 4) is 6.07 Å². The Kier molecular flexibility index (Phi) is 4.60. The molecule has 16 heavy (non-hydrogen) atoms. The molecule has 84 valence electrons. The molecule has 1 aromatic carbocycles. The van der Waals surface area contributed by atoms with E-state index in [1.165, 1.54) is 0 Å². The Bertz CT molecular complexity index is 440. The number of benzene rings is 1. The lowest BCUT2D eigenvalue weighted by Gasteiger charge is -2.07. The summed E-state index contributed by atoms with van der Waals surface area (Å²) >= 11 is 11.6. The van der Waals surface area contributed by atoms with Gasteiger partial charge in [-0.3, -0.25) is 4.79 Å². The van der Waals surface area contributed by atoms with Crippen LogP contribution in [-0.4, -0.2) is 5.91 Å². The van der Waals surface area contributed by atoms with Gasteiger partial charge in [0, 0.05) is 11.4 Å². The standard InChI is InChI=1S/C11H10Cl2N2O/c1-7(6-14)4-11(16)15-10-3-2-8(12)5-9(10)13/h2-3,5,7H,4H2,1H3,(H,15,16). The fourth-order valence-electron chi connectivity index (χ4n) is 1.12. The second-order valence-corrected chi connectivity index (χ2v) is 4.25. The smallest absolute Gasteiger partial charge is 0.225 e. The van der Waals surface area contributed by atoms with E-state index in [9.17, 15) is 4.79 Å². The van der Waals surface area contributed by atoms with Gasteiger partial charge in [-0.25, -0.2) is 0 Å². The average molecular weight is 257 g/mol. The largest absolute Gasteiger partial charge is 0.325 e. The number of nitrogens with zero attached hydrogens (tertiary/aromatic N) is 1. The molecule has 0 spiro atoms. The molecule has 1 amide bonds. The van der Waals surface area contributed by atoms with E-state index >= 15 is 0 Å². The molecule has 1 unspecified atom stereocenters. The lowest BCUT2D eigenvalue weighted by Crippen LogP contribution is -2.14. The van der Waals surface area contributed by atoms with E-state index in [1.54, 1.807) is 25.1 Å². The molecule has 0 aromatic heterocycles. The van der Waals surface area contributed by atoms with E-state index in [4.69, 9.17) is 28.5 Å². The predicted octanol–water partition coefficient (Wildman–Crippen LogP) is 3.48. The minimum Gasteiger partial charge on any atom is -0.325 e. The van der Waals surface area contributed by atoms with Gasteiger partial charge >= 0.3 is 0 Å². The summed E-state index contributed by atoms with van der Waals surface area (Å²) in [4.78, 5) is 11.5. The summed E-state index contributed by atoms with van der Waals surface area (Å²) in [5.41, 5.74) is 0.501. The lowest BCUT2D eigenvalue weighted by molar-refractivity contribution is -0.116. The maximum absolute atomic E-state index is 11.5. The van der Waals surface area contributed by atoms with Gasteiger partial charge in [-0.2, -0.15) is 5.26 Å². The summed E-state index contributed by atoms with van der Waals surface area (Å²) < 4.78 is 0. The molecule has 0 bridgehead atoms. The van der Waals surface area contributed by atoms with Crippen LogP contribution in [0, 0.1) is 17.2 Å². The van der Waals surface area contributed by atoms with Crippen LogP contribution in [0.1, 0.15) is 13.3 Å². The number of amides is 1. The van der Waals surface area contributed by atoms with Crippen molar-refractivity contribution in [2.24, 2.45) is 5.92 Å². The number of nitrogens with one attached hydrogen (secondary N) is 1. The fourth-order valence-corrected chi connectivity index (χ4v) is 1.57. The number of rotatable bonds is 3. The minimum atomic E-state index is -0.314. The van der Waals surface area contributed by atoms with Crippen molar-refractivity contribution >= 4 is 34.8 Å². The zero-order valence-corrected chi connectivity index (χ0v) is 10.1. The molecule has 1 aromatic rings. The molecule has 0 aliphatic carbocycles. The summed E-state index contributed by atoms with van der Waals surface area (Å²) in [6.45, 7) is 1.68. The van der Waals surface area contributed by atoms with Crippen molar-refractivity contribution in [2.75, 3.05) is 5.32 Å². The topological polar surface area (TPSA) is 52.9 Å². The molecule has 1 N–H and O–H groups in total. The SMILES string of the molecule is CC(C#N)CC(=O)Nc1ccc(Cl)cc1Cl. The zero-order valence-electron chi connectivity index (χ0n) is 8.63. The van der Waals surface area contributed by atoms with E-state index in [0.717, 1.165) is 0 Å². The minimum absolute atomic E-state index is 0.148. The maximum Gasteiger partial charge on any atom is 0.225 e. The normalized spacial score (nSPS) is 11.6. The highest BCUT2D eigenvalue weighted by atomic mass is 35.5. The van der Waals surface area contributed by atoms with Crippen LogP contribution in [-0.2, 0) is 4.79 Å². The summed E-state index contributed by atoms with van der Waals surface area (Å²) in [6, 6.07) is 6.80. The van der Waals surface area contributed by atoms with Gasteiger partial charge < -0.3 is 5.32 Å². The van der Waals surface area contributed by atoms with Crippen LogP contribution in [0.3, 0.4) is 0 Å². The van der Waals surface area contributed by atoms with E-state index in [0.29, 0.717) is 15.7 Å². The van der Waals surface area contributed by atoms with Gasteiger partial charge in [-0.1, -0.05) is 23.2 Å². The number of hydrogen-bond acceptors (Lipinski definition) is 2. The Morgan fingerprint density at radius 2 is 2.25 bits per heavy atom. The maximum atomic E-state index is 11.5. The third kappa shape index (κ3) is 3.73. The first-order chi connectivity index (χ1) is 7.52. The molecular weight excluding hydrogens is 247 g/mol. The highest BCUT2D eigenvalue weighted by Gasteiger charge is 2.10. The Morgan fingerprint density at radius 3 is 2.81 bits per heavy atom. The summed E-state index contributed by atoms with van der Waals surface area (Å²) in [5, 5.41) is 12.1. The molecule has 0 aliphatic rings. The lowest BCUT2D eigenvalue weighted by atomic mass is 10.1. The van der Waals surface area contributed by atoms with E-state index in [2.05, 4.69) is 5.32 Å². The number of halogens is 2. The van der Waals surface area contributed by atoms with E-state index in [1.807, 2.05) is 6.07 Å². The van der Waals surface area contributed by atoms with Crippen LogP contribution in [0.2, 0.25) is 10.0 Å². The third-order valence-corrected chi connectivity index (χ3v) is 2.46. The van der Waals surface area contributed by atoms with Crippen molar-refractivity contribution in [3.05, 3.63) is 28.2 Å². The Hall–Kier alpha value is -1.24. The highest BCUT2D eigenvalue weighted by Crippen LogP contribution is 2.25. The molecule has 0 fully saturated rings. The molecule has 3 nitrogen and oxygen atoms in total. The molecule has 5 heteroatoms. The number of nitriles is 1. The van der Waals surface area contributed by atoms with Crippen molar-refractivity contribution in [2.45, 2.75) is 13.3 Å². The van der Waals surface area contributed by atoms with Crippen molar-refractivity contribution in [1.82, 2.24) is 0 Å². The first-order valence-corrected chi connectivity index (χ1v) is 5.43. The molecule has 0 saturated carbocycles. The zero-order chi connectivity index (χ0) is 12.1. The summed E-state index contributed by atoms with van der Waals surface area (Å²) in [5.74, 6) is -0.552. The van der Waals surface area contributed by atoms with Gasteiger partial charge in [0.1, 0.15) is 0 Å². The van der Waals surface area contributed by atoms with Crippen molar-refractivity contribution in [1.29, 1.82) is 5.26 Å². The van der Waals surface area contributed by atoms with Crippen LogP contribution in [0.25, 0.3) is 0 Å². The Labute approximate surface area is 104 Å². The van der Waals surface area contributed by atoms with Gasteiger partial charge in [0.05, 0.1) is 22.7 Å². The monoisotopic (exact) mass is 256 g/mol. The van der Waals surface area contributed by atoms with E-state index in [-0.39, 0.29) is 18.2 Å². The number of anilines is 1. The molecule has 0 heterocycles. The fraction of sp³-hybridized carbons (Fsp3) is 0.273. The molecular formula is C11H10Cl2N2O. The van der Waals surface area contributed by atoms with Crippen LogP contribution in [0.4, 0.5) is 5.69 Å². The second-order valence-electron chi connectivity index (χ2n) is 3.41. The molecule has 1 atom stereocenters. The average Bonchev–Trinajstić information content (AvgIpc) is 2.22. The summed E-state index contributed by atoms with van der Waals surface area (Å²) in [7, 11) is 0. The molecule has 0 aliphatic heterocycles. The molecule has 0 saturated heterocycles. The first-order valence-electron chi connectivity index (χ1n) is 4.67. The Morgan fingerprint density at radius 1 is 1.56 bits per heavy atom. The third-order valence-electron chi connectivity index (χ3n) is 1.92. The summed E-state index contributed by atoms with van der Waals surface area (Å²) in [6.07, 6.45) is 0.148. The first kappa shape index (κ1) is 12.8. The van der Waals surface area contributed by atoms with Crippen LogP contribution in [0.15, 0.2) is 18.2 Å². The van der Waals surface area contributed by atoms with Crippen molar-refractivity contribution in [3.63, 3.8) is 0 Å². The Balaban J connectivity index is 2.67. The van der Waals surface area contributed by atoms with Crippen LogP contribution in [0.5, 0.6) is 0 Å². The molecule has 0 radical (unpaired) electrons. The van der Waals surface area contributed by atoms with Gasteiger partial charge in [-0.05, 0) is 25.1 Å². The van der Waals surface area contributed by atoms with Crippen LogP contribution >= 0.6 is 23.2 Å². The van der Waals surface area contributed by atoms with E-state index < -0.39 is 0 Å². The molecule has 1 rings (SSSR count). The van der Waals surface area contributed by atoms with Gasteiger partial charge in [0.2, 0.25) is 5.91 Å². The van der Waals surface area contributed by atoms with Crippen molar-refractivity contribution < 1.29 is 4.79 Å². The second kappa shape index (κ2) is 5.74.